The molecular formula is C34H22Cl2N2O4. The number of aliphatic imine (C=N–C) groups is 2. The topological polar surface area (TPSA) is 77.3 Å². The zero-order valence-corrected chi connectivity index (χ0v) is 23.5. The molecule has 8 heteroatoms. The number of carbonyl (C=O) groups is 2. The number of esters is 2. The normalized spacial score (nSPS) is 11.1. The van der Waals surface area contributed by atoms with Gasteiger partial charge in [-0.25, -0.2) is 9.59 Å². The van der Waals surface area contributed by atoms with E-state index in [9.17, 15) is 9.59 Å². The molecule has 0 heterocycles. The van der Waals surface area contributed by atoms with Gasteiger partial charge in [0.25, 0.3) is 0 Å². The summed E-state index contributed by atoms with van der Waals surface area (Å²) >= 11 is 11.8. The molecule has 6 nitrogen and oxygen atoms in total. The minimum Gasteiger partial charge on any atom is -0.422 e. The van der Waals surface area contributed by atoms with E-state index in [0.717, 1.165) is 0 Å². The maximum atomic E-state index is 12.6. The van der Waals surface area contributed by atoms with Crippen LogP contribution in [0, 0.1) is 0 Å². The quantitative estimate of drug-likeness (QED) is 0.102. The van der Waals surface area contributed by atoms with E-state index in [-0.39, 0.29) is 0 Å². The summed E-state index contributed by atoms with van der Waals surface area (Å²) in [7, 11) is 0. The standard InChI is InChI=1S/C34H22Cl2N2O4/c35-27-13-9-23(10-14-27)33(39)41-31-7-3-1-5-25(31)21-37-29-17-19-30(20-18-29)38-22-26-6-2-4-8-32(26)42-34(40)24-11-15-28(36)16-12-24/h1-22H. The van der Waals surface area contributed by atoms with E-state index in [0.29, 0.717) is 55.2 Å². The van der Waals surface area contributed by atoms with Crippen molar-refractivity contribution >= 4 is 58.9 Å². The van der Waals surface area contributed by atoms with E-state index in [2.05, 4.69) is 9.98 Å². The van der Waals surface area contributed by atoms with Gasteiger partial charge in [-0.05, 0) is 97.1 Å². The molecule has 0 fully saturated rings. The first kappa shape index (κ1) is 28.5. The molecule has 0 aromatic heterocycles. The largest absolute Gasteiger partial charge is 0.422 e. The summed E-state index contributed by atoms with van der Waals surface area (Å²) in [6, 6.07) is 34.5. The molecule has 0 spiro atoms. The van der Waals surface area contributed by atoms with Crippen molar-refractivity contribution in [3.63, 3.8) is 0 Å². The number of nitrogens with zero attached hydrogens (tertiary/aromatic N) is 2. The maximum absolute atomic E-state index is 12.6. The van der Waals surface area contributed by atoms with Crippen molar-refractivity contribution in [1.29, 1.82) is 0 Å². The Morgan fingerprint density at radius 1 is 0.500 bits per heavy atom. The smallest absolute Gasteiger partial charge is 0.343 e. The Kier molecular flexibility index (Phi) is 9.19. The highest BCUT2D eigenvalue weighted by Crippen LogP contribution is 2.24. The first-order chi connectivity index (χ1) is 20.4. The van der Waals surface area contributed by atoms with Crippen LogP contribution in [0.25, 0.3) is 0 Å². The maximum Gasteiger partial charge on any atom is 0.343 e. The second-order valence-corrected chi connectivity index (χ2v) is 9.77. The van der Waals surface area contributed by atoms with E-state index in [1.54, 1.807) is 85.2 Å². The number of rotatable bonds is 8. The SMILES string of the molecule is O=C(Oc1ccccc1C=Nc1ccc(N=Cc2ccccc2OC(=O)c2ccc(Cl)cc2)cc1)c1ccc(Cl)cc1. The fourth-order valence-corrected chi connectivity index (χ4v) is 4.01. The minimum atomic E-state index is -0.490. The third-order valence-corrected chi connectivity index (χ3v) is 6.46. The van der Waals surface area contributed by atoms with Crippen molar-refractivity contribution in [2.75, 3.05) is 0 Å². The van der Waals surface area contributed by atoms with Crippen LogP contribution in [-0.4, -0.2) is 24.4 Å². The predicted molar refractivity (Wildman–Crippen MR) is 167 cm³/mol. The third kappa shape index (κ3) is 7.57. The Balaban J connectivity index is 1.24. The minimum absolute atomic E-state index is 0.387. The van der Waals surface area contributed by atoms with Crippen molar-refractivity contribution < 1.29 is 19.1 Å². The Morgan fingerprint density at radius 2 is 0.857 bits per heavy atom. The van der Waals surface area contributed by atoms with Crippen LogP contribution >= 0.6 is 23.2 Å². The number of hydrogen-bond donors (Lipinski definition) is 0. The lowest BCUT2D eigenvalue weighted by molar-refractivity contribution is 0.0725. The fourth-order valence-electron chi connectivity index (χ4n) is 3.76. The Labute approximate surface area is 252 Å². The van der Waals surface area contributed by atoms with E-state index in [1.807, 2.05) is 48.5 Å². The summed E-state index contributed by atoms with van der Waals surface area (Å²) in [6.45, 7) is 0. The molecule has 0 radical (unpaired) electrons. The monoisotopic (exact) mass is 592 g/mol. The lowest BCUT2D eigenvalue weighted by Crippen LogP contribution is -2.09. The summed E-state index contributed by atoms with van der Waals surface area (Å²) in [5.74, 6) is -0.206. The van der Waals surface area contributed by atoms with Crippen LogP contribution < -0.4 is 9.47 Å². The van der Waals surface area contributed by atoms with Crippen LogP contribution in [0.1, 0.15) is 31.8 Å². The van der Waals surface area contributed by atoms with Crippen LogP contribution in [-0.2, 0) is 0 Å². The highest BCUT2D eigenvalue weighted by atomic mass is 35.5. The Morgan fingerprint density at radius 3 is 1.24 bits per heavy atom. The van der Waals surface area contributed by atoms with Crippen LogP contribution in [0.2, 0.25) is 10.0 Å². The Hall–Kier alpha value is -5.04. The number of ether oxygens (including phenoxy) is 2. The van der Waals surface area contributed by atoms with Crippen LogP contribution in [0.4, 0.5) is 11.4 Å². The number of para-hydroxylation sites is 2. The average molecular weight is 593 g/mol. The molecule has 0 aliphatic carbocycles. The van der Waals surface area contributed by atoms with Crippen molar-refractivity contribution in [2.24, 2.45) is 9.98 Å². The van der Waals surface area contributed by atoms with Gasteiger partial charge in [0, 0.05) is 33.6 Å². The van der Waals surface area contributed by atoms with Gasteiger partial charge in [-0.15, -0.1) is 0 Å². The molecule has 0 amide bonds. The van der Waals surface area contributed by atoms with Crippen LogP contribution in [0.5, 0.6) is 11.5 Å². The molecule has 0 atom stereocenters. The van der Waals surface area contributed by atoms with Gasteiger partial charge in [-0.3, -0.25) is 9.98 Å². The summed E-state index contributed by atoms with van der Waals surface area (Å²) < 4.78 is 11.2. The summed E-state index contributed by atoms with van der Waals surface area (Å²) in [6.07, 6.45) is 3.27. The van der Waals surface area contributed by atoms with Gasteiger partial charge in [-0.2, -0.15) is 0 Å². The third-order valence-electron chi connectivity index (χ3n) is 5.96. The van der Waals surface area contributed by atoms with Crippen molar-refractivity contribution in [3.05, 3.63) is 154 Å². The number of benzene rings is 5. The molecule has 5 aromatic carbocycles. The molecule has 0 unspecified atom stereocenters. The molecule has 0 saturated carbocycles. The van der Waals surface area contributed by atoms with Crippen molar-refractivity contribution in [2.45, 2.75) is 0 Å². The molecule has 0 saturated heterocycles. The van der Waals surface area contributed by atoms with Gasteiger partial charge in [0.1, 0.15) is 11.5 Å². The lowest BCUT2D eigenvalue weighted by Gasteiger charge is -2.07. The van der Waals surface area contributed by atoms with E-state index in [4.69, 9.17) is 32.7 Å². The molecule has 0 aliphatic heterocycles. The van der Waals surface area contributed by atoms with Crippen LogP contribution in [0.15, 0.2) is 131 Å². The summed E-state index contributed by atoms with van der Waals surface area (Å²) in [4.78, 5) is 34.1. The zero-order valence-electron chi connectivity index (χ0n) is 22.0. The van der Waals surface area contributed by atoms with E-state index < -0.39 is 11.9 Å². The summed E-state index contributed by atoms with van der Waals surface area (Å²) in [5, 5.41) is 1.08. The van der Waals surface area contributed by atoms with Gasteiger partial charge < -0.3 is 9.47 Å². The zero-order chi connectivity index (χ0) is 29.3. The second-order valence-electron chi connectivity index (χ2n) is 8.90. The van der Waals surface area contributed by atoms with Gasteiger partial charge in [0.15, 0.2) is 0 Å². The van der Waals surface area contributed by atoms with Crippen LogP contribution in [0.3, 0.4) is 0 Å². The number of halogens is 2. The summed E-state index contributed by atoms with van der Waals surface area (Å²) in [5.41, 5.74) is 3.45. The van der Waals surface area contributed by atoms with Gasteiger partial charge in [-0.1, -0.05) is 47.5 Å². The van der Waals surface area contributed by atoms with Gasteiger partial charge in [0.2, 0.25) is 0 Å². The molecule has 206 valence electrons. The molecule has 42 heavy (non-hydrogen) atoms. The molecule has 0 aliphatic rings. The second kappa shape index (κ2) is 13.5. The number of hydrogen-bond acceptors (Lipinski definition) is 6. The van der Waals surface area contributed by atoms with Gasteiger partial charge >= 0.3 is 11.9 Å². The molecular weight excluding hydrogens is 571 g/mol. The lowest BCUT2D eigenvalue weighted by atomic mass is 10.2. The highest BCUT2D eigenvalue weighted by Gasteiger charge is 2.12. The highest BCUT2D eigenvalue weighted by molar-refractivity contribution is 6.31. The number of carbonyl (C=O) groups excluding carboxylic acids is 2. The van der Waals surface area contributed by atoms with Crippen molar-refractivity contribution in [1.82, 2.24) is 0 Å². The van der Waals surface area contributed by atoms with E-state index in [1.165, 1.54) is 0 Å². The predicted octanol–water partition coefficient (Wildman–Crippen LogP) is 8.93. The first-order valence-electron chi connectivity index (χ1n) is 12.8. The molecule has 5 rings (SSSR count). The van der Waals surface area contributed by atoms with E-state index >= 15 is 0 Å². The average Bonchev–Trinajstić information content (AvgIpc) is 3.01. The molecule has 5 aromatic rings. The van der Waals surface area contributed by atoms with Crippen molar-refractivity contribution in [3.8, 4) is 11.5 Å². The Bertz CT molecular complexity index is 1630. The molecule has 0 N–H and O–H groups in total. The molecule has 0 bridgehead atoms. The fraction of sp³-hybridized carbons (Fsp3) is 0. The van der Waals surface area contributed by atoms with Gasteiger partial charge in [0.05, 0.1) is 22.5 Å². The first-order valence-corrected chi connectivity index (χ1v) is 13.5.